The van der Waals surface area contributed by atoms with E-state index in [0.29, 0.717) is 30.8 Å². The Bertz CT molecular complexity index is 1260. The lowest BCUT2D eigenvalue weighted by molar-refractivity contribution is -0.140. The second-order valence-electron chi connectivity index (χ2n) is 10.5. The first-order chi connectivity index (χ1) is 16.5. The summed E-state index contributed by atoms with van der Waals surface area (Å²) >= 11 is 0. The average molecular weight is 486 g/mol. The fourth-order valence-corrected chi connectivity index (χ4v) is 5.71. The number of hydrogen-bond donors (Lipinski definition) is 2. The summed E-state index contributed by atoms with van der Waals surface area (Å²) in [5.41, 5.74) is 1.20. The van der Waals surface area contributed by atoms with Crippen LogP contribution in [0, 0.1) is 17.6 Å². The lowest BCUT2D eigenvalue weighted by Crippen LogP contribution is -2.48. The number of aliphatic carboxylic acids is 1. The van der Waals surface area contributed by atoms with Gasteiger partial charge in [-0.15, -0.1) is 0 Å². The van der Waals surface area contributed by atoms with Crippen molar-refractivity contribution in [1.29, 1.82) is 0 Å². The van der Waals surface area contributed by atoms with E-state index in [-0.39, 0.29) is 24.7 Å². The molecule has 35 heavy (non-hydrogen) atoms. The topological polar surface area (TPSA) is 59.6 Å². The van der Waals surface area contributed by atoms with Crippen LogP contribution in [0.1, 0.15) is 50.1 Å². The maximum Gasteiger partial charge on any atom is 0.308 e. The largest absolute Gasteiger partial charge is 0.481 e. The number of hydrogen-bond acceptors (Lipinski definition) is 3. The Kier molecular flexibility index (Phi) is 5.82. The van der Waals surface area contributed by atoms with Crippen molar-refractivity contribution in [3.05, 3.63) is 64.9 Å². The van der Waals surface area contributed by atoms with Crippen LogP contribution < -0.4 is 4.90 Å². The van der Waals surface area contributed by atoms with E-state index in [9.17, 15) is 14.3 Å². The summed E-state index contributed by atoms with van der Waals surface area (Å²) in [5, 5.41) is 10.3. The fourth-order valence-electron chi connectivity index (χ4n) is 5.71. The number of aromatic amines is 1. The van der Waals surface area contributed by atoms with Crippen LogP contribution in [-0.4, -0.2) is 52.3 Å². The number of aromatic nitrogens is 1. The minimum Gasteiger partial charge on any atom is -0.481 e. The standard InChI is InChI=1S/C27H30F3N3O2/c1-15-10-19-18-6-4-5-7-22(18)31-24(19)25(33(15)14-27(2,3)30)23-20(28)11-17(12-21(23)29)32-9-8-16(13-32)26(34)35/h4-7,11-12,15-16,25,31H,8-10,13-14H2,1-3H3,(H,34,35)/t15-,16?,25-/m1/s1. The van der Waals surface area contributed by atoms with Gasteiger partial charge >= 0.3 is 5.97 Å². The van der Waals surface area contributed by atoms with Crippen LogP contribution in [0.2, 0.25) is 0 Å². The van der Waals surface area contributed by atoms with Crippen molar-refractivity contribution < 1.29 is 23.1 Å². The Hall–Kier alpha value is -3.00. The lowest BCUT2D eigenvalue weighted by Gasteiger charge is -2.43. The van der Waals surface area contributed by atoms with E-state index in [4.69, 9.17) is 0 Å². The molecule has 1 saturated heterocycles. The summed E-state index contributed by atoms with van der Waals surface area (Å²) in [7, 11) is 0. The molecule has 0 saturated carbocycles. The molecule has 0 radical (unpaired) electrons. The zero-order valence-electron chi connectivity index (χ0n) is 20.1. The molecule has 0 amide bonds. The summed E-state index contributed by atoms with van der Waals surface area (Å²) in [4.78, 5) is 18.2. The molecular formula is C27H30F3N3O2. The van der Waals surface area contributed by atoms with Gasteiger partial charge in [-0.2, -0.15) is 0 Å². The SMILES string of the molecule is C[C@@H]1Cc2c([nH]c3ccccc23)[C@@H](c2c(F)cc(N3CCC(C(=O)O)C3)cc2F)N1CC(C)(C)F. The first kappa shape index (κ1) is 23.7. The van der Waals surface area contributed by atoms with Gasteiger partial charge in [-0.25, -0.2) is 13.2 Å². The van der Waals surface area contributed by atoms with Crippen molar-refractivity contribution in [2.45, 2.75) is 51.4 Å². The van der Waals surface area contributed by atoms with Crippen LogP contribution >= 0.6 is 0 Å². The molecule has 1 unspecified atom stereocenters. The predicted octanol–water partition coefficient (Wildman–Crippen LogP) is 5.44. The molecule has 2 N–H and O–H groups in total. The molecule has 3 aromatic rings. The lowest BCUT2D eigenvalue weighted by atomic mass is 9.87. The van der Waals surface area contributed by atoms with Gasteiger partial charge < -0.3 is 15.0 Å². The van der Waals surface area contributed by atoms with Gasteiger partial charge in [-0.1, -0.05) is 18.2 Å². The van der Waals surface area contributed by atoms with E-state index in [0.717, 1.165) is 16.5 Å². The van der Waals surface area contributed by atoms with Gasteiger partial charge in [0.25, 0.3) is 0 Å². The molecule has 0 bridgehead atoms. The average Bonchev–Trinajstić information content (AvgIpc) is 3.40. The summed E-state index contributed by atoms with van der Waals surface area (Å²) in [6.07, 6.45) is 1.07. The first-order valence-corrected chi connectivity index (χ1v) is 12.0. The van der Waals surface area contributed by atoms with Gasteiger partial charge in [0.15, 0.2) is 0 Å². The molecular weight excluding hydrogens is 455 g/mol. The summed E-state index contributed by atoms with van der Waals surface area (Å²) in [5.74, 6) is -2.90. The highest BCUT2D eigenvalue weighted by Gasteiger charge is 2.41. The van der Waals surface area contributed by atoms with Crippen LogP contribution in [0.25, 0.3) is 10.9 Å². The van der Waals surface area contributed by atoms with Crippen LogP contribution in [0.15, 0.2) is 36.4 Å². The van der Waals surface area contributed by atoms with Gasteiger partial charge in [-0.05, 0) is 57.4 Å². The number of rotatable bonds is 5. The molecule has 3 atom stereocenters. The maximum atomic E-state index is 15.8. The third-order valence-corrected chi connectivity index (χ3v) is 7.32. The van der Waals surface area contributed by atoms with Gasteiger partial charge in [0, 0.05) is 53.5 Å². The Morgan fingerprint density at radius 2 is 1.89 bits per heavy atom. The second kappa shape index (κ2) is 8.59. The maximum absolute atomic E-state index is 15.8. The number of para-hydroxylation sites is 1. The highest BCUT2D eigenvalue weighted by Crippen LogP contribution is 2.44. The molecule has 2 aromatic carbocycles. The molecule has 1 aromatic heterocycles. The number of carboxylic acids is 1. The third-order valence-electron chi connectivity index (χ3n) is 7.32. The molecule has 5 rings (SSSR count). The minimum atomic E-state index is -1.57. The van der Waals surface area contributed by atoms with Crippen LogP contribution in [0.5, 0.6) is 0 Å². The van der Waals surface area contributed by atoms with Crippen LogP contribution in [-0.2, 0) is 11.2 Å². The van der Waals surface area contributed by atoms with Crippen molar-refractivity contribution in [2.24, 2.45) is 5.92 Å². The molecule has 3 heterocycles. The summed E-state index contributed by atoms with van der Waals surface area (Å²) in [6.45, 7) is 5.55. The third kappa shape index (κ3) is 4.29. The number of halogens is 3. The predicted molar refractivity (Wildman–Crippen MR) is 130 cm³/mol. The quantitative estimate of drug-likeness (QED) is 0.505. The van der Waals surface area contributed by atoms with Gasteiger partial charge in [-0.3, -0.25) is 9.69 Å². The highest BCUT2D eigenvalue weighted by atomic mass is 19.1. The molecule has 0 spiro atoms. The van der Waals surface area contributed by atoms with Crippen molar-refractivity contribution in [3.8, 4) is 0 Å². The zero-order valence-corrected chi connectivity index (χ0v) is 20.1. The number of carbonyl (C=O) groups is 1. The summed E-state index contributed by atoms with van der Waals surface area (Å²) < 4.78 is 46.4. The number of nitrogens with zero attached hydrogens (tertiary/aromatic N) is 2. The van der Waals surface area contributed by atoms with E-state index >= 15 is 8.78 Å². The Morgan fingerprint density at radius 1 is 1.20 bits per heavy atom. The molecule has 1 fully saturated rings. The number of H-pyrrole nitrogens is 1. The second-order valence-corrected chi connectivity index (χ2v) is 10.5. The van der Waals surface area contributed by atoms with E-state index < -0.39 is 35.2 Å². The van der Waals surface area contributed by atoms with Crippen LogP contribution in [0.3, 0.4) is 0 Å². The fraction of sp³-hybridized carbons (Fsp3) is 0.444. The molecule has 8 heteroatoms. The van der Waals surface area contributed by atoms with Crippen LogP contribution in [0.4, 0.5) is 18.9 Å². The van der Waals surface area contributed by atoms with E-state index in [2.05, 4.69) is 4.98 Å². The van der Waals surface area contributed by atoms with Crippen molar-refractivity contribution in [3.63, 3.8) is 0 Å². The molecule has 186 valence electrons. The van der Waals surface area contributed by atoms with E-state index in [1.165, 1.54) is 26.0 Å². The van der Waals surface area contributed by atoms with Crippen molar-refractivity contribution in [1.82, 2.24) is 9.88 Å². The number of fused-ring (bicyclic) bond motifs is 3. The number of carboxylic acid groups (broad SMARTS) is 1. The normalized spacial score (nSPS) is 23.1. The Balaban J connectivity index is 1.62. The van der Waals surface area contributed by atoms with Gasteiger partial charge in [0.2, 0.25) is 0 Å². The highest BCUT2D eigenvalue weighted by molar-refractivity contribution is 5.85. The Morgan fingerprint density at radius 3 is 2.51 bits per heavy atom. The van der Waals surface area contributed by atoms with E-state index in [1.807, 2.05) is 36.1 Å². The summed E-state index contributed by atoms with van der Waals surface area (Å²) in [6, 6.07) is 9.36. The molecule has 2 aliphatic rings. The number of benzene rings is 2. The number of nitrogens with one attached hydrogen (secondary N) is 1. The van der Waals surface area contributed by atoms with Crippen molar-refractivity contribution in [2.75, 3.05) is 24.5 Å². The first-order valence-electron chi connectivity index (χ1n) is 12.0. The number of anilines is 1. The van der Waals surface area contributed by atoms with E-state index in [1.54, 1.807) is 4.90 Å². The number of alkyl halides is 1. The molecule has 5 nitrogen and oxygen atoms in total. The molecule has 2 aliphatic heterocycles. The smallest absolute Gasteiger partial charge is 0.308 e. The van der Waals surface area contributed by atoms with Gasteiger partial charge in [0.1, 0.15) is 17.3 Å². The zero-order chi connectivity index (χ0) is 25.1. The minimum absolute atomic E-state index is 0.0146. The Labute approximate surface area is 202 Å². The van der Waals surface area contributed by atoms with Gasteiger partial charge in [0.05, 0.1) is 12.0 Å². The monoisotopic (exact) mass is 485 g/mol. The molecule has 0 aliphatic carbocycles. The van der Waals surface area contributed by atoms with Crippen molar-refractivity contribution >= 4 is 22.6 Å².